The van der Waals surface area contributed by atoms with Gasteiger partial charge in [0.25, 0.3) is 0 Å². The second kappa shape index (κ2) is 7.02. The van der Waals surface area contributed by atoms with E-state index in [2.05, 4.69) is 10.3 Å². The standard InChI is InChI=1S/C21H15ClN2O2/c22-17-9-5-4-8-15(17)12-20(25)23-16-10-11-19-18(13-16)24-21(26-19)14-6-2-1-3-7-14/h1-11,13H,12H2,(H,23,25). The van der Waals surface area contributed by atoms with E-state index in [1.165, 1.54) is 0 Å². The fourth-order valence-corrected chi connectivity index (χ4v) is 2.93. The normalized spacial score (nSPS) is 10.8. The van der Waals surface area contributed by atoms with Gasteiger partial charge in [-0.1, -0.05) is 48.0 Å². The molecule has 0 aliphatic carbocycles. The fourth-order valence-electron chi connectivity index (χ4n) is 2.73. The van der Waals surface area contributed by atoms with Crippen LogP contribution in [0.1, 0.15) is 5.56 Å². The van der Waals surface area contributed by atoms with Gasteiger partial charge in [0.1, 0.15) is 5.52 Å². The molecule has 128 valence electrons. The van der Waals surface area contributed by atoms with Crippen molar-refractivity contribution >= 4 is 34.3 Å². The number of aromatic nitrogens is 1. The number of anilines is 1. The highest BCUT2D eigenvalue weighted by molar-refractivity contribution is 6.31. The molecule has 26 heavy (non-hydrogen) atoms. The van der Waals surface area contributed by atoms with Crippen molar-refractivity contribution in [2.75, 3.05) is 5.32 Å². The Morgan fingerprint density at radius 1 is 1.00 bits per heavy atom. The van der Waals surface area contributed by atoms with Gasteiger partial charge in [-0.3, -0.25) is 4.79 Å². The molecule has 4 nitrogen and oxygen atoms in total. The zero-order chi connectivity index (χ0) is 17.9. The summed E-state index contributed by atoms with van der Waals surface area (Å²) in [5, 5.41) is 3.46. The fraction of sp³-hybridized carbons (Fsp3) is 0.0476. The summed E-state index contributed by atoms with van der Waals surface area (Å²) >= 11 is 6.11. The lowest BCUT2D eigenvalue weighted by Crippen LogP contribution is -2.14. The molecule has 1 aromatic heterocycles. The molecule has 0 saturated carbocycles. The zero-order valence-corrected chi connectivity index (χ0v) is 14.5. The Labute approximate surface area is 155 Å². The molecule has 1 amide bonds. The van der Waals surface area contributed by atoms with E-state index in [4.69, 9.17) is 16.0 Å². The lowest BCUT2D eigenvalue weighted by molar-refractivity contribution is -0.115. The van der Waals surface area contributed by atoms with Gasteiger partial charge in [0.2, 0.25) is 11.8 Å². The van der Waals surface area contributed by atoms with Gasteiger partial charge >= 0.3 is 0 Å². The molecule has 5 heteroatoms. The summed E-state index contributed by atoms with van der Waals surface area (Å²) in [5.74, 6) is 0.421. The van der Waals surface area contributed by atoms with E-state index in [-0.39, 0.29) is 12.3 Å². The van der Waals surface area contributed by atoms with Crippen molar-refractivity contribution in [3.05, 3.63) is 83.4 Å². The van der Waals surface area contributed by atoms with E-state index in [1.807, 2.05) is 48.5 Å². The summed E-state index contributed by atoms with van der Waals surface area (Å²) in [6.07, 6.45) is 0.214. The molecular formula is C21H15ClN2O2. The Balaban J connectivity index is 1.54. The molecule has 4 rings (SSSR count). The molecule has 0 bridgehead atoms. The lowest BCUT2D eigenvalue weighted by Gasteiger charge is -2.06. The molecule has 0 atom stereocenters. The van der Waals surface area contributed by atoms with E-state index in [0.717, 1.165) is 11.1 Å². The Bertz CT molecular complexity index is 1070. The minimum atomic E-state index is -0.135. The molecule has 0 aliphatic rings. The number of carbonyl (C=O) groups is 1. The molecule has 0 saturated heterocycles. The SMILES string of the molecule is O=C(Cc1ccccc1Cl)Nc1ccc2oc(-c3ccccc3)nc2c1. The lowest BCUT2D eigenvalue weighted by atomic mass is 10.1. The minimum Gasteiger partial charge on any atom is -0.436 e. The van der Waals surface area contributed by atoms with Gasteiger partial charge < -0.3 is 9.73 Å². The number of hydrogen-bond acceptors (Lipinski definition) is 3. The number of rotatable bonds is 4. The monoisotopic (exact) mass is 362 g/mol. The van der Waals surface area contributed by atoms with Crippen LogP contribution in [0.15, 0.2) is 77.2 Å². The van der Waals surface area contributed by atoms with E-state index < -0.39 is 0 Å². The number of hydrogen-bond donors (Lipinski definition) is 1. The van der Waals surface area contributed by atoms with Gasteiger partial charge in [0, 0.05) is 16.3 Å². The minimum absolute atomic E-state index is 0.135. The van der Waals surface area contributed by atoms with E-state index in [1.54, 1.807) is 24.3 Å². The van der Waals surface area contributed by atoms with Crippen molar-refractivity contribution in [3.8, 4) is 11.5 Å². The van der Waals surface area contributed by atoms with Gasteiger partial charge in [-0.05, 0) is 42.0 Å². The van der Waals surface area contributed by atoms with Gasteiger partial charge in [-0.25, -0.2) is 4.98 Å². The third-order valence-corrected chi connectivity index (χ3v) is 4.37. The highest BCUT2D eigenvalue weighted by Gasteiger charge is 2.11. The summed E-state index contributed by atoms with van der Waals surface area (Å²) in [6, 6.07) is 22.4. The zero-order valence-electron chi connectivity index (χ0n) is 13.8. The van der Waals surface area contributed by atoms with Gasteiger partial charge in [-0.15, -0.1) is 0 Å². The predicted octanol–water partition coefficient (Wildman–Crippen LogP) is 5.33. The molecule has 0 fully saturated rings. The average Bonchev–Trinajstić information content (AvgIpc) is 3.08. The van der Waals surface area contributed by atoms with Gasteiger partial charge in [-0.2, -0.15) is 0 Å². The van der Waals surface area contributed by atoms with Crippen LogP contribution < -0.4 is 5.32 Å². The number of carbonyl (C=O) groups excluding carboxylic acids is 1. The first-order valence-electron chi connectivity index (χ1n) is 8.18. The van der Waals surface area contributed by atoms with Crippen molar-refractivity contribution in [2.45, 2.75) is 6.42 Å². The number of oxazole rings is 1. The summed E-state index contributed by atoms with van der Waals surface area (Å²) in [7, 11) is 0. The van der Waals surface area contributed by atoms with Crippen LogP contribution in [-0.2, 0) is 11.2 Å². The summed E-state index contributed by atoms with van der Waals surface area (Å²) in [6.45, 7) is 0. The van der Waals surface area contributed by atoms with Crippen molar-refractivity contribution in [1.82, 2.24) is 4.98 Å². The average molecular weight is 363 g/mol. The number of nitrogens with one attached hydrogen (secondary N) is 1. The largest absolute Gasteiger partial charge is 0.436 e. The Kier molecular flexibility index (Phi) is 4.42. The maximum Gasteiger partial charge on any atom is 0.228 e. The van der Waals surface area contributed by atoms with Crippen LogP contribution in [0.25, 0.3) is 22.6 Å². The van der Waals surface area contributed by atoms with Crippen LogP contribution in [0.2, 0.25) is 5.02 Å². The van der Waals surface area contributed by atoms with Crippen LogP contribution in [0.5, 0.6) is 0 Å². The summed E-state index contributed by atoms with van der Waals surface area (Å²) < 4.78 is 5.78. The smallest absolute Gasteiger partial charge is 0.228 e. The third-order valence-electron chi connectivity index (χ3n) is 4.00. The van der Waals surface area contributed by atoms with Crippen LogP contribution in [-0.4, -0.2) is 10.9 Å². The first-order valence-corrected chi connectivity index (χ1v) is 8.56. The van der Waals surface area contributed by atoms with E-state index >= 15 is 0 Å². The molecule has 1 heterocycles. The number of halogens is 1. The van der Waals surface area contributed by atoms with Crippen molar-refractivity contribution in [2.24, 2.45) is 0 Å². The van der Waals surface area contributed by atoms with Gasteiger partial charge in [0.05, 0.1) is 6.42 Å². The Morgan fingerprint density at radius 3 is 2.58 bits per heavy atom. The summed E-state index contributed by atoms with van der Waals surface area (Å²) in [5.41, 5.74) is 3.74. The topological polar surface area (TPSA) is 55.1 Å². The summed E-state index contributed by atoms with van der Waals surface area (Å²) in [4.78, 5) is 16.8. The van der Waals surface area contributed by atoms with Crippen LogP contribution in [0.3, 0.4) is 0 Å². The third kappa shape index (κ3) is 3.46. The maximum atomic E-state index is 12.3. The molecule has 0 aliphatic heterocycles. The van der Waals surface area contributed by atoms with Crippen molar-refractivity contribution in [1.29, 1.82) is 0 Å². The highest BCUT2D eigenvalue weighted by atomic mass is 35.5. The van der Waals surface area contributed by atoms with E-state index in [9.17, 15) is 4.79 Å². The second-order valence-corrected chi connectivity index (χ2v) is 6.29. The Morgan fingerprint density at radius 2 is 1.77 bits per heavy atom. The maximum absolute atomic E-state index is 12.3. The van der Waals surface area contributed by atoms with Gasteiger partial charge in [0.15, 0.2) is 5.58 Å². The number of fused-ring (bicyclic) bond motifs is 1. The highest BCUT2D eigenvalue weighted by Crippen LogP contribution is 2.26. The van der Waals surface area contributed by atoms with Crippen molar-refractivity contribution in [3.63, 3.8) is 0 Å². The molecule has 0 spiro atoms. The van der Waals surface area contributed by atoms with E-state index in [0.29, 0.717) is 27.7 Å². The molecular weight excluding hydrogens is 348 g/mol. The predicted molar refractivity (Wildman–Crippen MR) is 103 cm³/mol. The molecule has 4 aromatic rings. The first kappa shape index (κ1) is 16.4. The first-order chi connectivity index (χ1) is 12.7. The molecule has 1 N–H and O–H groups in total. The van der Waals surface area contributed by atoms with Crippen LogP contribution in [0, 0.1) is 0 Å². The van der Waals surface area contributed by atoms with Crippen LogP contribution in [0.4, 0.5) is 5.69 Å². The number of benzene rings is 3. The van der Waals surface area contributed by atoms with Crippen LogP contribution >= 0.6 is 11.6 Å². The molecule has 0 unspecified atom stereocenters. The number of nitrogens with zero attached hydrogens (tertiary/aromatic N) is 1. The molecule has 3 aromatic carbocycles. The second-order valence-electron chi connectivity index (χ2n) is 5.88. The molecule has 0 radical (unpaired) electrons. The van der Waals surface area contributed by atoms with Crippen molar-refractivity contribution < 1.29 is 9.21 Å². The number of amides is 1. The Hall–Kier alpha value is -3.11. The quantitative estimate of drug-likeness (QED) is 0.534.